The quantitative estimate of drug-likeness (QED) is 0.650. The first-order chi connectivity index (χ1) is 10.1. The van der Waals surface area contributed by atoms with E-state index in [-0.39, 0.29) is 17.4 Å². The maximum absolute atomic E-state index is 9.93. The van der Waals surface area contributed by atoms with Gasteiger partial charge in [0.05, 0.1) is 0 Å². The minimum absolute atomic E-state index is 0.0175. The zero-order valence-electron chi connectivity index (χ0n) is 12.0. The zero-order valence-corrected chi connectivity index (χ0v) is 12.0. The molecule has 0 saturated carbocycles. The first-order valence-electron chi connectivity index (χ1n) is 7.52. The molecule has 0 unspecified atom stereocenters. The van der Waals surface area contributed by atoms with Crippen molar-refractivity contribution in [2.45, 2.75) is 37.8 Å². The molecule has 0 radical (unpaired) electrons. The Labute approximate surface area is 124 Å². The number of nitrogens with one attached hydrogen (secondary N) is 1. The Hall–Kier alpha value is -2.00. The molecule has 3 N–H and O–H groups in total. The zero-order chi connectivity index (χ0) is 14.6. The van der Waals surface area contributed by atoms with Crippen LogP contribution in [0.15, 0.2) is 36.4 Å². The third kappa shape index (κ3) is 1.84. The Kier molecular flexibility index (Phi) is 2.73. The number of phenolic OH excluding ortho intramolecular Hbond substituents is 2. The van der Waals surface area contributed by atoms with Gasteiger partial charge in [0.1, 0.15) is 0 Å². The molecule has 2 aromatic rings. The summed E-state index contributed by atoms with van der Waals surface area (Å²) in [5, 5.41) is 23.4. The van der Waals surface area contributed by atoms with Crippen molar-refractivity contribution in [2.24, 2.45) is 0 Å². The molecular formula is C18H19NO2. The molecule has 1 aliphatic carbocycles. The van der Waals surface area contributed by atoms with Crippen LogP contribution in [0.1, 0.15) is 47.4 Å². The number of aromatic hydroxyl groups is 2. The highest BCUT2D eigenvalue weighted by Crippen LogP contribution is 2.47. The van der Waals surface area contributed by atoms with Crippen molar-refractivity contribution in [3.63, 3.8) is 0 Å². The minimum atomic E-state index is -0.0235. The molecule has 108 valence electrons. The molecule has 0 bridgehead atoms. The average molecular weight is 281 g/mol. The second-order valence-corrected chi connectivity index (χ2v) is 6.27. The van der Waals surface area contributed by atoms with Crippen LogP contribution in [0.5, 0.6) is 11.5 Å². The average Bonchev–Trinajstić information content (AvgIpc) is 2.49. The predicted octanol–water partition coefficient (Wildman–Crippen LogP) is 3.21. The smallest absolute Gasteiger partial charge is 0.157 e. The largest absolute Gasteiger partial charge is 0.504 e. The van der Waals surface area contributed by atoms with Gasteiger partial charge in [-0.2, -0.15) is 0 Å². The van der Waals surface area contributed by atoms with Crippen LogP contribution in [0.25, 0.3) is 0 Å². The van der Waals surface area contributed by atoms with E-state index in [0.29, 0.717) is 12.0 Å². The lowest BCUT2D eigenvalue weighted by molar-refractivity contribution is 0.359. The number of benzene rings is 2. The molecule has 0 aromatic heterocycles. The number of hydrogen-bond acceptors (Lipinski definition) is 3. The van der Waals surface area contributed by atoms with Gasteiger partial charge < -0.3 is 15.5 Å². The molecule has 0 saturated heterocycles. The molecule has 2 aliphatic rings. The maximum atomic E-state index is 9.93. The molecular weight excluding hydrogens is 262 g/mol. The maximum Gasteiger partial charge on any atom is 0.157 e. The van der Waals surface area contributed by atoms with Gasteiger partial charge >= 0.3 is 0 Å². The van der Waals surface area contributed by atoms with Crippen molar-refractivity contribution in [1.29, 1.82) is 0 Å². The van der Waals surface area contributed by atoms with Crippen molar-refractivity contribution >= 4 is 0 Å². The van der Waals surface area contributed by atoms with E-state index < -0.39 is 0 Å². The van der Waals surface area contributed by atoms with Crippen molar-refractivity contribution in [3.8, 4) is 11.5 Å². The summed E-state index contributed by atoms with van der Waals surface area (Å²) < 4.78 is 0. The van der Waals surface area contributed by atoms with E-state index >= 15 is 0 Å². The van der Waals surface area contributed by atoms with E-state index in [1.807, 2.05) is 0 Å². The first-order valence-corrected chi connectivity index (χ1v) is 7.52. The van der Waals surface area contributed by atoms with Crippen LogP contribution in [0.2, 0.25) is 0 Å². The van der Waals surface area contributed by atoms with Gasteiger partial charge in [0.25, 0.3) is 0 Å². The molecule has 0 fully saturated rings. The van der Waals surface area contributed by atoms with Gasteiger partial charge in [-0.1, -0.05) is 31.2 Å². The van der Waals surface area contributed by atoms with Crippen LogP contribution in [0.3, 0.4) is 0 Å². The van der Waals surface area contributed by atoms with Crippen molar-refractivity contribution in [1.82, 2.24) is 5.32 Å². The highest BCUT2D eigenvalue weighted by molar-refractivity contribution is 5.54. The third-order valence-corrected chi connectivity index (χ3v) is 5.00. The summed E-state index contributed by atoms with van der Waals surface area (Å²) in [5.41, 5.74) is 4.98. The minimum Gasteiger partial charge on any atom is -0.504 e. The molecule has 1 aliphatic heterocycles. The molecule has 0 spiro atoms. The van der Waals surface area contributed by atoms with E-state index in [9.17, 15) is 10.2 Å². The lowest BCUT2D eigenvalue weighted by atomic mass is 9.69. The lowest BCUT2D eigenvalue weighted by Crippen LogP contribution is -2.43. The Bertz CT molecular complexity index is 710. The van der Waals surface area contributed by atoms with Crippen molar-refractivity contribution in [3.05, 3.63) is 58.7 Å². The van der Waals surface area contributed by atoms with Crippen LogP contribution >= 0.6 is 0 Å². The normalized spacial score (nSPS) is 26.6. The molecule has 3 heteroatoms. The van der Waals surface area contributed by atoms with Crippen LogP contribution in [0, 0.1) is 0 Å². The summed E-state index contributed by atoms with van der Waals surface area (Å²) >= 11 is 0. The van der Waals surface area contributed by atoms with Gasteiger partial charge in [-0.25, -0.2) is 0 Å². The molecule has 21 heavy (non-hydrogen) atoms. The summed E-state index contributed by atoms with van der Waals surface area (Å²) in [4.78, 5) is 0. The summed E-state index contributed by atoms with van der Waals surface area (Å²) in [5.74, 6) is 0.596. The predicted molar refractivity (Wildman–Crippen MR) is 81.7 cm³/mol. The fourth-order valence-electron chi connectivity index (χ4n) is 3.99. The van der Waals surface area contributed by atoms with E-state index in [0.717, 1.165) is 24.1 Å². The van der Waals surface area contributed by atoms with Crippen LogP contribution in [-0.2, 0) is 6.54 Å². The molecule has 3 nitrogen and oxygen atoms in total. The second kappa shape index (κ2) is 4.50. The van der Waals surface area contributed by atoms with Crippen molar-refractivity contribution < 1.29 is 10.2 Å². The fraction of sp³-hybridized carbons (Fsp3) is 0.333. The lowest BCUT2D eigenvalue weighted by Gasteiger charge is -2.42. The van der Waals surface area contributed by atoms with Gasteiger partial charge in [0, 0.05) is 18.5 Å². The highest BCUT2D eigenvalue weighted by Gasteiger charge is 2.37. The molecule has 4 rings (SSSR count). The molecule has 3 atom stereocenters. The standard InChI is InChI=1S/C18H19NO2/c1-10-6-15-18(12-5-3-2-4-11(12)9-19-15)14-8-17(21)16(20)7-13(10)14/h2-5,7-8,10,15,18-21H,6,9H2,1H3/t10-,15-,18-/m1/s1. The van der Waals surface area contributed by atoms with Gasteiger partial charge in [0.15, 0.2) is 11.5 Å². The van der Waals surface area contributed by atoms with Crippen LogP contribution < -0.4 is 5.32 Å². The van der Waals surface area contributed by atoms with E-state index in [1.165, 1.54) is 11.1 Å². The second-order valence-electron chi connectivity index (χ2n) is 6.27. The topological polar surface area (TPSA) is 52.5 Å². The monoisotopic (exact) mass is 281 g/mol. The third-order valence-electron chi connectivity index (χ3n) is 5.00. The number of hydrogen-bond donors (Lipinski definition) is 3. The van der Waals surface area contributed by atoms with E-state index in [1.54, 1.807) is 12.1 Å². The van der Waals surface area contributed by atoms with Crippen LogP contribution in [-0.4, -0.2) is 16.3 Å². The van der Waals surface area contributed by atoms with E-state index in [4.69, 9.17) is 0 Å². The number of fused-ring (bicyclic) bond motifs is 5. The summed E-state index contributed by atoms with van der Waals surface area (Å²) in [6.07, 6.45) is 1.05. The Morgan fingerprint density at radius 1 is 1.00 bits per heavy atom. The van der Waals surface area contributed by atoms with Gasteiger partial charge in [0.2, 0.25) is 0 Å². The number of rotatable bonds is 0. The Balaban J connectivity index is 1.94. The molecule has 0 amide bonds. The Morgan fingerprint density at radius 2 is 1.71 bits per heavy atom. The molecule has 1 heterocycles. The van der Waals surface area contributed by atoms with Gasteiger partial charge in [-0.3, -0.25) is 0 Å². The fourth-order valence-corrected chi connectivity index (χ4v) is 3.99. The SMILES string of the molecule is C[C@@H]1C[C@H]2NCc3ccccc3[C@@H]2c2cc(O)c(O)cc21. The summed E-state index contributed by atoms with van der Waals surface area (Å²) in [6, 6.07) is 12.4. The first kappa shape index (κ1) is 12.7. The van der Waals surface area contributed by atoms with E-state index in [2.05, 4.69) is 36.5 Å². The highest BCUT2D eigenvalue weighted by atomic mass is 16.3. The van der Waals surface area contributed by atoms with Crippen molar-refractivity contribution in [2.75, 3.05) is 0 Å². The van der Waals surface area contributed by atoms with Gasteiger partial charge in [-0.05, 0) is 46.7 Å². The summed E-state index contributed by atoms with van der Waals surface area (Å²) in [7, 11) is 0. The van der Waals surface area contributed by atoms with Gasteiger partial charge in [-0.15, -0.1) is 0 Å². The van der Waals surface area contributed by atoms with Crippen LogP contribution in [0.4, 0.5) is 0 Å². The number of phenols is 2. The summed E-state index contributed by atoms with van der Waals surface area (Å²) in [6.45, 7) is 3.09. The Morgan fingerprint density at radius 3 is 2.52 bits per heavy atom. The molecule has 2 aromatic carbocycles.